The normalized spacial score (nSPS) is 9.95. The molecule has 0 saturated carbocycles. The van der Waals surface area contributed by atoms with E-state index in [1.165, 1.54) is 6.20 Å². The number of aromatic nitrogens is 2. The summed E-state index contributed by atoms with van der Waals surface area (Å²) in [5.41, 5.74) is 0.911. The van der Waals surface area contributed by atoms with E-state index in [1.807, 2.05) is 0 Å². The fourth-order valence-corrected chi connectivity index (χ4v) is 1.90. The summed E-state index contributed by atoms with van der Waals surface area (Å²) in [5.74, 6) is 4.89. The van der Waals surface area contributed by atoms with E-state index >= 15 is 0 Å². The number of nitrogens with zero attached hydrogens (tertiary/aromatic N) is 2. The summed E-state index contributed by atoms with van der Waals surface area (Å²) in [7, 11) is 1.75. The van der Waals surface area contributed by atoms with Crippen molar-refractivity contribution in [1.29, 1.82) is 0 Å². The lowest BCUT2D eigenvalue weighted by Gasteiger charge is -2.08. The van der Waals surface area contributed by atoms with Gasteiger partial charge in [-0.25, -0.2) is 9.78 Å². The van der Waals surface area contributed by atoms with E-state index in [2.05, 4.69) is 16.8 Å². The summed E-state index contributed by atoms with van der Waals surface area (Å²) >= 11 is 0. The molecule has 0 radical (unpaired) electrons. The summed E-state index contributed by atoms with van der Waals surface area (Å²) < 4.78 is 6.56. The molecular formula is C15H14N2O3. The van der Waals surface area contributed by atoms with Crippen LogP contribution >= 0.6 is 0 Å². The van der Waals surface area contributed by atoms with Crippen LogP contribution in [0.25, 0.3) is 11.0 Å². The van der Waals surface area contributed by atoms with E-state index in [1.54, 1.807) is 37.6 Å². The van der Waals surface area contributed by atoms with Crippen molar-refractivity contribution in [3.63, 3.8) is 0 Å². The maximum absolute atomic E-state index is 12.3. The first-order valence-electron chi connectivity index (χ1n) is 6.18. The number of carbonyl (C=O) groups excluding carboxylic acids is 1. The third-order valence-electron chi connectivity index (χ3n) is 2.78. The quantitative estimate of drug-likeness (QED) is 0.612. The highest BCUT2D eigenvalue weighted by Crippen LogP contribution is 2.10. The minimum atomic E-state index is -0.635. The zero-order valence-electron chi connectivity index (χ0n) is 11.6. The van der Waals surface area contributed by atoms with Gasteiger partial charge in [-0.1, -0.05) is 5.92 Å². The highest BCUT2D eigenvalue weighted by molar-refractivity contribution is 5.92. The number of ether oxygens (including phenoxy) is 1. The molecule has 0 unspecified atom stereocenters. The molecule has 0 aromatic carbocycles. The molecule has 0 spiro atoms. The van der Waals surface area contributed by atoms with Gasteiger partial charge in [-0.15, -0.1) is 0 Å². The van der Waals surface area contributed by atoms with Gasteiger partial charge in [0.1, 0.15) is 16.8 Å². The fourth-order valence-electron chi connectivity index (χ4n) is 1.90. The molecule has 0 aliphatic rings. The number of carbonyl (C=O) groups is 1. The Bertz CT molecular complexity index is 794. The number of pyridine rings is 2. The zero-order valence-corrected chi connectivity index (χ0v) is 11.6. The van der Waals surface area contributed by atoms with Crippen molar-refractivity contribution in [2.24, 2.45) is 7.05 Å². The third kappa shape index (κ3) is 2.41. The molecule has 20 heavy (non-hydrogen) atoms. The molecule has 0 N–H and O–H groups in total. The number of fused-ring (bicyclic) bond motifs is 1. The maximum Gasteiger partial charge on any atom is 0.343 e. The minimum absolute atomic E-state index is 0.0176. The van der Waals surface area contributed by atoms with Crippen molar-refractivity contribution >= 4 is 17.0 Å². The van der Waals surface area contributed by atoms with Crippen LogP contribution in [0, 0.1) is 11.8 Å². The van der Waals surface area contributed by atoms with Gasteiger partial charge in [0.05, 0.1) is 12.1 Å². The molecule has 0 fully saturated rings. The number of aryl methyl sites for hydroxylation is 1. The Morgan fingerprint density at radius 2 is 2.20 bits per heavy atom. The van der Waals surface area contributed by atoms with E-state index < -0.39 is 11.4 Å². The Morgan fingerprint density at radius 3 is 2.85 bits per heavy atom. The molecule has 0 bridgehead atoms. The Morgan fingerprint density at radius 1 is 1.45 bits per heavy atom. The lowest BCUT2D eigenvalue weighted by Crippen LogP contribution is -2.21. The van der Waals surface area contributed by atoms with Crippen LogP contribution < -0.4 is 5.43 Å². The Kier molecular flexibility index (Phi) is 3.85. The van der Waals surface area contributed by atoms with E-state index in [-0.39, 0.29) is 17.7 Å². The Hall–Kier alpha value is -2.61. The number of hydrogen-bond donors (Lipinski definition) is 0. The van der Waals surface area contributed by atoms with Gasteiger partial charge in [0.15, 0.2) is 0 Å². The van der Waals surface area contributed by atoms with Crippen molar-refractivity contribution in [2.75, 3.05) is 6.61 Å². The monoisotopic (exact) mass is 270 g/mol. The molecule has 2 heterocycles. The molecule has 2 rings (SSSR count). The van der Waals surface area contributed by atoms with Gasteiger partial charge in [0, 0.05) is 13.2 Å². The van der Waals surface area contributed by atoms with Crippen LogP contribution in [0.4, 0.5) is 0 Å². The first-order valence-corrected chi connectivity index (χ1v) is 6.18. The predicted octanol–water partition coefficient (Wildman–Crippen LogP) is 1.48. The van der Waals surface area contributed by atoms with Crippen LogP contribution in [-0.4, -0.2) is 22.1 Å². The molecule has 0 amide bonds. The summed E-state index contributed by atoms with van der Waals surface area (Å²) in [4.78, 5) is 28.3. The van der Waals surface area contributed by atoms with Crippen molar-refractivity contribution in [3.05, 3.63) is 39.8 Å². The number of esters is 1. The second-order valence-corrected chi connectivity index (χ2v) is 4.14. The molecule has 0 aliphatic carbocycles. The van der Waals surface area contributed by atoms with Crippen LogP contribution in [0.15, 0.2) is 23.1 Å². The Balaban J connectivity index is 2.74. The molecule has 5 nitrogen and oxygen atoms in total. The van der Waals surface area contributed by atoms with Gasteiger partial charge in [-0.2, -0.15) is 0 Å². The van der Waals surface area contributed by atoms with Crippen LogP contribution in [0.5, 0.6) is 0 Å². The highest BCUT2D eigenvalue weighted by atomic mass is 16.5. The van der Waals surface area contributed by atoms with Gasteiger partial charge < -0.3 is 9.30 Å². The van der Waals surface area contributed by atoms with Gasteiger partial charge >= 0.3 is 5.97 Å². The van der Waals surface area contributed by atoms with E-state index in [9.17, 15) is 9.59 Å². The highest BCUT2D eigenvalue weighted by Gasteiger charge is 2.16. The molecule has 0 atom stereocenters. The van der Waals surface area contributed by atoms with Gasteiger partial charge in [-0.3, -0.25) is 4.79 Å². The minimum Gasteiger partial charge on any atom is -0.462 e. The van der Waals surface area contributed by atoms with Gasteiger partial charge in [0.25, 0.3) is 0 Å². The van der Waals surface area contributed by atoms with Gasteiger partial charge in [-0.05, 0) is 31.9 Å². The van der Waals surface area contributed by atoms with Crippen LogP contribution in [0.2, 0.25) is 0 Å². The van der Waals surface area contributed by atoms with Crippen molar-refractivity contribution in [2.45, 2.75) is 13.8 Å². The van der Waals surface area contributed by atoms with E-state index in [0.29, 0.717) is 11.2 Å². The largest absolute Gasteiger partial charge is 0.462 e. The average molecular weight is 270 g/mol. The van der Waals surface area contributed by atoms with E-state index in [0.717, 1.165) is 0 Å². The van der Waals surface area contributed by atoms with E-state index in [4.69, 9.17) is 4.74 Å². The molecule has 2 aromatic heterocycles. The molecule has 0 saturated heterocycles. The molecule has 0 aliphatic heterocycles. The lowest BCUT2D eigenvalue weighted by atomic mass is 10.2. The van der Waals surface area contributed by atoms with Crippen molar-refractivity contribution in [3.8, 4) is 11.8 Å². The Labute approximate surface area is 116 Å². The average Bonchev–Trinajstić information content (AvgIpc) is 2.43. The van der Waals surface area contributed by atoms with Crippen molar-refractivity contribution < 1.29 is 9.53 Å². The van der Waals surface area contributed by atoms with Crippen molar-refractivity contribution in [1.82, 2.24) is 9.55 Å². The second kappa shape index (κ2) is 5.57. The summed E-state index contributed by atoms with van der Waals surface area (Å²) in [5, 5.41) is 0. The second-order valence-electron chi connectivity index (χ2n) is 4.14. The van der Waals surface area contributed by atoms with Gasteiger partial charge in [0.2, 0.25) is 5.43 Å². The predicted molar refractivity (Wildman–Crippen MR) is 75.5 cm³/mol. The van der Waals surface area contributed by atoms with Crippen LogP contribution in [0.1, 0.15) is 29.9 Å². The van der Waals surface area contributed by atoms with Crippen LogP contribution in [0.3, 0.4) is 0 Å². The zero-order chi connectivity index (χ0) is 14.7. The molecule has 2 aromatic rings. The molecule has 5 heteroatoms. The third-order valence-corrected chi connectivity index (χ3v) is 2.78. The topological polar surface area (TPSA) is 61.2 Å². The summed E-state index contributed by atoms with van der Waals surface area (Å²) in [6.45, 7) is 3.60. The maximum atomic E-state index is 12.3. The first-order chi connectivity index (χ1) is 9.58. The summed E-state index contributed by atoms with van der Waals surface area (Å²) in [6, 6.07) is 3.50. The van der Waals surface area contributed by atoms with Crippen LogP contribution in [-0.2, 0) is 11.8 Å². The number of hydrogen-bond acceptors (Lipinski definition) is 4. The smallest absolute Gasteiger partial charge is 0.343 e. The standard InChI is InChI=1S/C15H14N2O3/c1-4-6-10-7-8-12-13(16-10)14(18)11(9-17(12)3)15(19)20-5-2/h7-9H,5H2,1-3H3. The SMILES string of the molecule is CC#Cc1ccc2c(n1)c(=O)c(C(=O)OCC)cn2C. The summed E-state index contributed by atoms with van der Waals surface area (Å²) in [6.07, 6.45) is 1.47. The molecular weight excluding hydrogens is 256 g/mol. The lowest BCUT2D eigenvalue weighted by molar-refractivity contribution is 0.0524. The fraction of sp³-hybridized carbons (Fsp3) is 0.267. The molecule has 102 valence electrons. The first kappa shape index (κ1) is 13.8. The number of rotatable bonds is 2.